The monoisotopic (exact) mass is 425 g/mol. The molecular weight excluding hydrogens is 408 g/mol. The molecule has 0 spiro atoms. The number of carbonyl (C=O) groups is 1. The van der Waals surface area contributed by atoms with Gasteiger partial charge in [0, 0.05) is 12.1 Å². The SMILES string of the molecule is COC(=O)[C@@]1(Cc2cc(Br)c(F)cc2F)CC[C@H](NS(C)(=O)=O)C1. The third-order valence-electron chi connectivity index (χ3n) is 4.23. The van der Waals surface area contributed by atoms with E-state index in [0.717, 1.165) is 12.3 Å². The maximum atomic E-state index is 14.1. The minimum absolute atomic E-state index is 0.00628. The Bertz CT molecular complexity index is 756. The van der Waals surface area contributed by atoms with Gasteiger partial charge in [0.2, 0.25) is 10.0 Å². The summed E-state index contributed by atoms with van der Waals surface area (Å²) in [7, 11) is -2.18. The molecule has 1 N–H and O–H groups in total. The van der Waals surface area contributed by atoms with Gasteiger partial charge in [-0.1, -0.05) is 0 Å². The highest BCUT2D eigenvalue weighted by molar-refractivity contribution is 9.10. The molecule has 134 valence electrons. The van der Waals surface area contributed by atoms with Gasteiger partial charge in [0.1, 0.15) is 11.6 Å². The van der Waals surface area contributed by atoms with Crippen molar-refractivity contribution in [3.63, 3.8) is 0 Å². The first-order valence-corrected chi connectivity index (χ1v) is 9.94. The Morgan fingerprint density at radius 3 is 2.67 bits per heavy atom. The molecule has 0 saturated heterocycles. The van der Waals surface area contributed by atoms with Gasteiger partial charge in [-0.25, -0.2) is 21.9 Å². The molecule has 9 heteroatoms. The van der Waals surface area contributed by atoms with Crippen LogP contribution in [0.15, 0.2) is 16.6 Å². The molecule has 1 aliphatic carbocycles. The van der Waals surface area contributed by atoms with Crippen LogP contribution in [-0.2, 0) is 26.0 Å². The molecule has 0 heterocycles. The fourth-order valence-corrected chi connectivity index (χ4v) is 4.43. The lowest BCUT2D eigenvalue weighted by molar-refractivity contribution is -0.152. The Morgan fingerprint density at radius 1 is 1.42 bits per heavy atom. The van der Waals surface area contributed by atoms with Gasteiger partial charge in [-0.15, -0.1) is 0 Å². The average Bonchev–Trinajstić information content (AvgIpc) is 2.86. The lowest BCUT2D eigenvalue weighted by Crippen LogP contribution is -2.37. The summed E-state index contributed by atoms with van der Waals surface area (Å²) in [6.07, 6.45) is 2.03. The molecule has 1 aliphatic rings. The third-order valence-corrected chi connectivity index (χ3v) is 5.59. The van der Waals surface area contributed by atoms with E-state index in [9.17, 15) is 22.0 Å². The molecule has 1 saturated carbocycles. The van der Waals surface area contributed by atoms with E-state index in [0.29, 0.717) is 12.8 Å². The second-order valence-corrected chi connectivity index (χ2v) is 8.77. The molecule has 5 nitrogen and oxygen atoms in total. The number of benzene rings is 1. The molecule has 1 aromatic rings. The molecule has 1 fully saturated rings. The molecule has 2 atom stereocenters. The van der Waals surface area contributed by atoms with Crippen molar-refractivity contribution in [1.29, 1.82) is 0 Å². The number of rotatable bonds is 5. The molecule has 1 aromatic carbocycles. The van der Waals surface area contributed by atoms with Gasteiger partial charge < -0.3 is 4.74 Å². The Labute approximate surface area is 147 Å². The first-order chi connectivity index (χ1) is 11.1. The zero-order valence-electron chi connectivity index (χ0n) is 13.2. The van der Waals surface area contributed by atoms with Crippen molar-refractivity contribution in [2.75, 3.05) is 13.4 Å². The molecule has 0 radical (unpaired) electrons. The average molecular weight is 426 g/mol. The quantitative estimate of drug-likeness (QED) is 0.580. The van der Waals surface area contributed by atoms with E-state index in [-0.39, 0.29) is 22.9 Å². The van der Waals surface area contributed by atoms with Crippen molar-refractivity contribution in [2.24, 2.45) is 5.41 Å². The highest BCUT2D eigenvalue weighted by Crippen LogP contribution is 2.43. The Hall–Kier alpha value is -1.06. The molecule has 0 aromatic heterocycles. The van der Waals surface area contributed by atoms with Gasteiger partial charge in [0.05, 0.1) is 23.3 Å². The molecular formula is C15H18BrF2NO4S. The van der Waals surface area contributed by atoms with E-state index in [1.807, 2.05) is 0 Å². The summed E-state index contributed by atoms with van der Waals surface area (Å²) in [5.41, 5.74) is -0.872. The summed E-state index contributed by atoms with van der Waals surface area (Å²) >= 11 is 3.00. The van der Waals surface area contributed by atoms with E-state index < -0.39 is 39.1 Å². The van der Waals surface area contributed by atoms with Gasteiger partial charge in [-0.3, -0.25) is 4.79 Å². The molecule has 2 rings (SSSR count). The van der Waals surface area contributed by atoms with E-state index in [1.165, 1.54) is 13.2 Å². The highest BCUT2D eigenvalue weighted by atomic mass is 79.9. The second kappa shape index (κ2) is 7.05. The maximum absolute atomic E-state index is 14.1. The Morgan fingerprint density at radius 2 is 2.08 bits per heavy atom. The van der Waals surface area contributed by atoms with Crippen molar-refractivity contribution in [3.05, 3.63) is 33.8 Å². The zero-order valence-corrected chi connectivity index (χ0v) is 15.6. The van der Waals surface area contributed by atoms with Crippen LogP contribution >= 0.6 is 15.9 Å². The number of sulfonamides is 1. The largest absolute Gasteiger partial charge is 0.469 e. The van der Waals surface area contributed by atoms with Crippen LogP contribution in [0.4, 0.5) is 8.78 Å². The normalized spacial score (nSPS) is 24.1. The standard InChI is InChI=1S/C15H18BrF2NO4S/c1-23-14(20)15(4-3-10(8-15)19-24(2,21)22)7-9-5-11(16)13(18)6-12(9)17/h5-6,10,19H,3-4,7-8H2,1-2H3/t10-,15+/m0/s1. The van der Waals surface area contributed by atoms with Gasteiger partial charge in [0.25, 0.3) is 0 Å². The van der Waals surface area contributed by atoms with E-state index in [4.69, 9.17) is 4.74 Å². The predicted molar refractivity (Wildman–Crippen MR) is 87.8 cm³/mol. The number of nitrogens with one attached hydrogen (secondary N) is 1. The van der Waals surface area contributed by atoms with Crippen molar-refractivity contribution in [2.45, 2.75) is 31.7 Å². The van der Waals surface area contributed by atoms with Crippen LogP contribution in [0.2, 0.25) is 0 Å². The van der Waals surface area contributed by atoms with Crippen molar-refractivity contribution in [1.82, 2.24) is 4.72 Å². The number of esters is 1. The molecule has 0 bridgehead atoms. The van der Waals surface area contributed by atoms with Gasteiger partial charge in [-0.2, -0.15) is 0 Å². The number of halogens is 3. The minimum atomic E-state index is -3.42. The smallest absolute Gasteiger partial charge is 0.312 e. The lowest BCUT2D eigenvalue weighted by Gasteiger charge is -2.27. The molecule has 0 amide bonds. The van der Waals surface area contributed by atoms with E-state index in [1.54, 1.807) is 0 Å². The fourth-order valence-electron chi connectivity index (χ4n) is 3.23. The summed E-state index contributed by atoms with van der Waals surface area (Å²) in [6.45, 7) is 0. The summed E-state index contributed by atoms with van der Waals surface area (Å²) in [6, 6.07) is 1.63. The van der Waals surface area contributed by atoms with Crippen LogP contribution in [0.1, 0.15) is 24.8 Å². The first kappa shape index (κ1) is 19.3. The number of methoxy groups -OCH3 is 1. The van der Waals surface area contributed by atoms with E-state index >= 15 is 0 Å². The molecule has 0 unspecified atom stereocenters. The van der Waals surface area contributed by atoms with Crippen LogP contribution in [0.3, 0.4) is 0 Å². The molecule has 24 heavy (non-hydrogen) atoms. The maximum Gasteiger partial charge on any atom is 0.312 e. The van der Waals surface area contributed by atoms with Gasteiger partial charge in [-0.05, 0) is 53.2 Å². The third kappa shape index (κ3) is 4.31. The summed E-state index contributed by atoms with van der Waals surface area (Å²) < 4.78 is 57.7. The van der Waals surface area contributed by atoms with Gasteiger partial charge in [0.15, 0.2) is 0 Å². The van der Waals surface area contributed by atoms with E-state index in [2.05, 4.69) is 20.7 Å². The van der Waals surface area contributed by atoms with Crippen molar-refractivity contribution < 1.29 is 26.7 Å². The predicted octanol–water partition coefficient (Wildman–Crippen LogP) is 2.53. The number of ether oxygens (including phenoxy) is 1. The van der Waals surface area contributed by atoms with Crippen LogP contribution in [0.25, 0.3) is 0 Å². The second-order valence-electron chi connectivity index (χ2n) is 6.14. The minimum Gasteiger partial charge on any atom is -0.469 e. The Kier molecular flexibility index (Phi) is 5.66. The Balaban J connectivity index is 2.31. The first-order valence-electron chi connectivity index (χ1n) is 7.25. The molecule has 0 aliphatic heterocycles. The van der Waals surface area contributed by atoms with Gasteiger partial charge >= 0.3 is 5.97 Å². The highest BCUT2D eigenvalue weighted by Gasteiger charge is 2.47. The topological polar surface area (TPSA) is 72.5 Å². The van der Waals surface area contributed by atoms with Crippen molar-refractivity contribution >= 4 is 31.9 Å². The van der Waals surface area contributed by atoms with Crippen LogP contribution < -0.4 is 4.72 Å². The van der Waals surface area contributed by atoms with Crippen LogP contribution in [0, 0.1) is 17.0 Å². The van der Waals surface area contributed by atoms with Crippen molar-refractivity contribution in [3.8, 4) is 0 Å². The zero-order chi connectivity index (χ0) is 18.1. The summed E-state index contributed by atoms with van der Waals surface area (Å²) in [4.78, 5) is 12.3. The lowest BCUT2D eigenvalue weighted by atomic mass is 9.79. The van der Waals surface area contributed by atoms with Crippen LogP contribution in [-0.4, -0.2) is 33.8 Å². The van der Waals surface area contributed by atoms with Crippen LogP contribution in [0.5, 0.6) is 0 Å². The number of hydrogen-bond donors (Lipinski definition) is 1. The number of carbonyl (C=O) groups excluding carboxylic acids is 1. The summed E-state index contributed by atoms with van der Waals surface area (Å²) in [5.74, 6) is -2.01. The fraction of sp³-hybridized carbons (Fsp3) is 0.533. The summed E-state index contributed by atoms with van der Waals surface area (Å²) in [5, 5.41) is 0. The number of hydrogen-bond acceptors (Lipinski definition) is 4.